The van der Waals surface area contributed by atoms with E-state index in [2.05, 4.69) is 20.7 Å². The van der Waals surface area contributed by atoms with Crippen LogP contribution in [0.5, 0.6) is 0 Å². The van der Waals surface area contributed by atoms with Crippen LogP contribution in [-0.4, -0.2) is 67.5 Å². The van der Waals surface area contributed by atoms with Gasteiger partial charge in [-0.3, -0.25) is 4.79 Å². The van der Waals surface area contributed by atoms with Crippen molar-refractivity contribution in [3.63, 3.8) is 0 Å². The third kappa shape index (κ3) is 5.90. The number of carbonyl (C=O) groups excluding carboxylic acids is 1. The summed E-state index contributed by atoms with van der Waals surface area (Å²) >= 11 is 1.64. The van der Waals surface area contributed by atoms with Crippen LogP contribution in [0.2, 0.25) is 0 Å². The molecule has 1 unspecified atom stereocenters. The lowest BCUT2D eigenvalue weighted by atomic mass is 10.0. The van der Waals surface area contributed by atoms with Crippen LogP contribution in [0, 0.1) is 12.7 Å². The highest BCUT2D eigenvalue weighted by atomic mass is 32.1. The van der Waals surface area contributed by atoms with Crippen LogP contribution < -0.4 is 16.0 Å². The molecule has 11 heteroatoms. The maximum absolute atomic E-state index is 14.9. The quantitative estimate of drug-likeness (QED) is 0.371. The molecule has 1 aromatic heterocycles. The fourth-order valence-corrected chi connectivity index (χ4v) is 4.56. The minimum atomic E-state index is -0.309. The van der Waals surface area contributed by atoms with E-state index in [9.17, 15) is 9.18 Å². The van der Waals surface area contributed by atoms with Gasteiger partial charge in [0, 0.05) is 54.8 Å². The second kappa shape index (κ2) is 10.6. The molecule has 1 fully saturated rings. The molecular weight excluding hydrogens is 457 g/mol. The van der Waals surface area contributed by atoms with Gasteiger partial charge < -0.3 is 25.7 Å². The number of halogens is 1. The molecule has 3 N–H and O–H groups in total. The Bertz CT molecular complexity index is 1120. The maximum atomic E-state index is 14.9. The van der Waals surface area contributed by atoms with Crippen LogP contribution in [0.3, 0.4) is 0 Å². The number of oxime groups is 1. The number of nitrogens with one attached hydrogen (secondary N) is 1. The molecule has 1 aromatic carbocycles. The van der Waals surface area contributed by atoms with Gasteiger partial charge in [0.05, 0.1) is 24.2 Å². The van der Waals surface area contributed by atoms with E-state index in [4.69, 9.17) is 10.6 Å². The summed E-state index contributed by atoms with van der Waals surface area (Å²) in [5.41, 5.74) is 7.99. The fourth-order valence-electron chi connectivity index (χ4n) is 3.82. The average molecular weight is 486 g/mol. The number of nitrogens with two attached hydrogens (primary N) is 1. The maximum Gasteiger partial charge on any atom is 0.217 e. The molecule has 34 heavy (non-hydrogen) atoms. The van der Waals surface area contributed by atoms with Gasteiger partial charge in [-0.2, -0.15) is 5.10 Å². The molecular formula is C23H28FN7O2S. The van der Waals surface area contributed by atoms with Gasteiger partial charge >= 0.3 is 0 Å². The number of benzene rings is 1. The number of guanidine groups is 1. The highest BCUT2D eigenvalue weighted by Gasteiger charge is 2.25. The standard InChI is InChI=1S/C23H28FN7O2S/c1-15-3-5-19(34-15)14-27-28-23(25)31-9-7-30(8-10-31)22-6-4-17(11-20(22)24)21-12-18(33-29-21)13-26-16(2)32/h3-6,11,14,18H,7-10,12-13H2,1-2H3,(H2,25,28)(H,26,32). The Morgan fingerprint density at radius 3 is 2.79 bits per heavy atom. The van der Waals surface area contributed by atoms with E-state index >= 15 is 0 Å². The number of rotatable bonds is 6. The van der Waals surface area contributed by atoms with Crippen molar-refractivity contribution in [1.82, 2.24) is 10.2 Å². The first kappa shape index (κ1) is 23.7. The van der Waals surface area contributed by atoms with E-state index in [1.807, 2.05) is 34.9 Å². The van der Waals surface area contributed by atoms with Gasteiger partial charge in [-0.05, 0) is 31.2 Å². The molecule has 1 saturated heterocycles. The zero-order valence-corrected chi connectivity index (χ0v) is 20.0. The molecule has 0 aliphatic carbocycles. The van der Waals surface area contributed by atoms with Crippen molar-refractivity contribution in [3.05, 3.63) is 51.5 Å². The molecule has 0 bridgehead atoms. The molecule has 2 aromatic rings. The Hall–Kier alpha value is -3.47. The Morgan fingerprint density at radius 1 is 1.32 bits per heavy atom. The lowest BCUT2D eigenvalue weighted by Gasteiger charge is -2.36. The van der Waals surface area contributed by atoms with Crippen LogP contribution >= 0.6 is 11.3 Å². The normalized spacial score (nSPS) is 18.9. The summed E-state index contributed by atoms with van der Waals surface area (Å²) in [6, 6.07) is 9.13. The Morgan fingerprint density at radius 2 is 2.12 bits per heavy atom. The average Bonchev–Trinajstić information content (AvgIpc) is 3.47. The predicted molar refractivity (Wildman–Crippen MR) is 133 cm³/mol. The molecule has 4 rings (SSSR count). The van der Waals surface area contributed by atoms with Gasteiger partial charge in [-0.15, -0.1) is 16.4 Å². The fraction of sp³-hybridized carbons (Fsp3) is 0.391. The molecule has 180 valence electrons. The minimum Gasteiger partial charge on any atom is -0.390 e. The number of thiophene rings is 1. The molecule has 0 spiro atoms. The predicted octanol–water partition coefficient (Wildman–Crippen LogP) is 2.30. The Balaban J connectivity index is 1.31. The van der Waals surface area contributed by atoms with Crippen molar-refractivity contribution in [3.8, 4) is 0 Å². The largest absolute Gasteiger partial charge is 0.390 e. The smallest absolute Gasteiger partial charge is 0.217 e. The van der Waals surface area contributed by atoms with Crippen molar-refractivity contribution < 1.29 is 14.0 Å². The van der Waals surface area contributed by atoms with Gasteiger partial charge in [-0.25, -0.2) is 4.39 Å². The van der Waals surface area contributed by atoms with Crippen molar-refractivity contribution in [2.24, 2.45) is 21.1 Å². The minimum absolute atomic E-state index is 0.123. The Kier molecular flexibility index (Phi) is 7.41. The van der Waals surface area contributed by atoms with E-state index < -0.39 is 0 Å². The molecule has 2 aliphatic rings. The van der Waals surface area contributed by atoms with E-state index in [1.54, 1.807) is 23.6 Å². The highest BCUT2D eigenvalue weighted by molar-refractivity contribution is 7.13. The summed E-state index contributed by atoms with van der Waals surface area (Å²) in [6.07, 6.45) is 1.98. The van der Waals surface area contributed by atoms with Crippen molar-refractivity contribution in [2.75, 3.05) is 37.6 Å². The number of carbonyl (C=O) groups is 1. The van der Waals surface area contributed by atoms with E-state index in [1.165, 1.54) is 17.9 Å². The van der Waals surface area contributed by atoms with Crippen LogP contribution in [0.4, 0.5) is 10.1 Å². The second-order valence-electron chi connectivity index (χ2n) is 8.20. The van der Waals surface area contributed by atoms with Crippen molar-refractivity contribution in [2.45, 2.75) is 26.4 Å². The molecule has 1 amide bonds. The van der Waals surface area contributed by atoms with Gasteiger partial charge in [0.15, 0.2) is 0 Å². The van der Waals surface area contributed by atoms with Crippen LogP contribution in [-0.2, 0) is 9.63 Å². The molecule has 1 atom stereocenters. The van der Waals surface area contributed by atoms with Crippen molar-refractivity contribution in [1.29, 1.82) is 0 Å². The number of nitrogens with zero attached hydrogens (tertiary/aromatic N) is 5. The number of hydrogen-bond donors (Lipinski definition) is 2. The Labute approximate surface area is 201 Å². The topological polar surface area (TPSA) is 108 Å². The summed E-state index contributed by atoms with van der Waals surface area (Å²) in [4.78, 5) is 22.6. The SMILES string of the molecule is CC(=O)NCC1CC(c2ccc(N3CCN(/C(N)=N/N=Cc4ccc(C)s4)CC3)c(F)c2)=NO1. The van der Waals surface area contributed by atoms with Gasteiger partial charge in [0.25, 0.3) is 0 Å². The van der Waals surface area contributed by atoms with E-state index in [0.29, 0.717) is 62.1 Å². The van der Waals surface area contributed by atoms with E-state index in [0.717, 1.165) is 4.88 Å². The third-order valence-corrected chi connectivity index (χ3v) is 6.58. The molecule has 9 nitrogen and oxygen atoms in total. The van der Waals surface area contributed by atoms with Crippen molar-refractivity contribution >= 4 is 40.8 Å². The first-order valence-electron chi connectivity index (χ1n) is 11.1. The lowest BCUT2D eigenvalue weighted by molar-refractivity contribution is -0.119. The molecule has 0 radical (unpaired) electrons. The van der Waals surface area contributed by atoms with Gasteiger partial charge in [0.2, 0.25) is 11.9 Å². The number of hydrogen-bond acceptors (Lipinski definition) is 7. The zero-order valence-electron chi connectivity index (χ0n) is 19.2. The number of anilines is 1. The monoisotopic (exact) mass is 485 g/mol. The van der Waals surface area contributed by atoms with Gasteiger partial charge in [-0.1, -0.05) is 11.2 Å². The highest BCUT2D eigenvalue weighted by Crippen LogP contribution is 2.25. The summed E-state index contributed by atoms with van der Waals surface area (Å²) in [5, 5.41) is 15.0. The summed E-state index contributed by atoms with van der Waals surface area (Å²) in [6.45, 7) is 6.33. The molecule has 3 heterocycles. The zero-order chi connectivity index (χ0) is 24.1. The molecule has 2 aliphatic heterocycles. The first-order chi connectivity index (χ1) is 16.4. The van der Waals surface area contributed by atoms with Gasteiger partial charge in [0.1, 0.15) is 11.9 Å². The summed E-state index contributed by atoms with van der Waals surface area (Å²) in [5.74, 6) is -0.0775. The number of piperazine rings is 1. The van der Waals surface area contributed by atoms with Crippen LogP contribution in [0.15, 0.2) is 45.7 Å². The molecule has 0 saturated carbocycles. The van der Waals surface area contributed by atoms with Crippen LogP contribution in [0.1, 0.15) is 28.7 Å². The van der Waals surface area contributed by atoms with E-state index in [-0.39, 0.29) is 17.8 Å². The number of amides is 1. The first-order valence-corrected chi connectivity index (χ1v) is 11.9. The third-order valence-electron chi connectivity index (χ3n) is 5.64. The van der Waals surface area contributed by atoms with Crippen LogP contribution in [0.25, 0.3) is 0 Å². The number of aryl methyl sites for hydroxylation is 1. The second-order valence-corrected chi connectivity index (χ2v) is 9.52. The summed E-state index contributed by atoms with van der Waals surface area (Å²) < 4.78 is 14.9. The summed E-state index contributed by atoms with van der Waals surface area (Å²) in [7, 11) is 0. The lowest BCUT2D eigenvalue weighted by Crippen LogP contribution is -2.51.